The van der Waals surface area contributed by atoms with E-state index in [1.54, 1.807) is 24.8 Å². The van der Waals surface area contributed by atoms with Gasteiger partial charge in [0.05, 0.1) is 49.6 Å². The molecule has 0 aliphatic carbocycles. The van der Waals surface area contributed by atoms with Crippen molar-refractivity contribution in [3.63, 3.8) is 0 Å². The molecule has 37 heavy (non-hydrogen) atoms. The van der Waals surface area contributed by atoms with Gasteiger partial charge in [-0.25, -0.2) is 0 Å². The van der Waals surface area contributed by atoms with Crippen LogP contribution in [0.5, 0.6) is 0 Å². The quantitative estimate of drug-likeness (QED) is 0.171. The second-order valence-electron chi connectivity index (χ2n) is 8.41. The van der Waals surface area contributed by atoms with Crippen LogP contribution < -0.4 is 0 Å². The van der Waals surface area contributed by atoms with Crippen LogP contribution in [0.25, 0.3) is 0 Å². The monoisotopic (exact) mass is 510 g/mol. The fraction of sp³-hybridized carbons (Fsp3) is 0.200. The largest absolute Gasteiger partial charge is 0.374 e. The molecule has 3 unspecified atom stereocenters. The van der Waals surface area contributed by atoms with Gasteiger partial charge in [-0.3, -0.25) is 20.0 Å². The predicted octanol–water partition coefficient (Wildman–Crippen LogP) is 5.69. The summed E-state index contributed by atoms with van der Waals surface area (Å²) in [5, 5.41) is 0. The SMILES string of the molecule is PC(COCc1ccc(COCC(N=Cc2ccccn2)c2ccccc2)cc1)N=Cc1ccccn1. The topological polar surface area (TPSA) is 69.0 Å². The molecule has 6 nitrogen and oxygen atoms in total. The first kappa shape index (κ1) is 26.5. The molecular weight excluding hydrogens is 479 g/mol. The van der Waals surface area contributed by atoms with Crippen molar-refractivity contribution >= 4 is 21.7 Å². The van der Waals surface area contributed by atoms with Gasteiger partial charge in [0.15, 0.2) is 0 Å². The van der Waals surface area contributed by atoms with Crippen LogP contribution in [0.3, 0.4) is 0 Å². The molecule has 2 aromatic carbocycles. The highest BCUT2D eigenvalue weighted by Gasteiger charge is 2.10. The van der Waals surface area contributed by atoms with Crippen LogP contribution in [0.15, 0.2) is 113 Å². The molecule has 0 aliphatic rings. The molecule has 188 valence electrons. The lowest BCUT2D eigenvalue weighted by atomic mass is 10.1. The fourth-order valence-corrected chi connectivity index (χ4v) is 3.73. The summed E-state index contributed by atoms with van der Waals surface area (Å²) in [5.74, 6) is -0.0208. The molecule has 0 aliphatic heterocycles. The Morgan fingerprint density at radius 3 is 1.76 bits per heavy atom. The van der Waals surface area contributed by atoms with Crippen LogP contribution in [0.4, 0.5) is 0 Å². The Morgan fingerprint density at radius 1 is 0.649 bits per heavy atom. The number of benzene rings is 2. The molecule has 0 N–H and O–H groups in total. The number of hydrogen-bond acceptors (Lipinski definition) is 6. The third-order valence-corrected chi connectivity index (χ3v) is 5.83. The van der Waals surface area contributed by atoms with Gasteiger partial charge in [0.2, 0.25) is 0 Å². The molecule has 4 rings (SSSR count). The second kappa shape index (κ2) is 14.9. The van der Waals surface area contributed by atoms with E-state index in [-0.39, 0.29) is 11.8 Å². The van der Waals surface area contributed by atoms with Crippen molar-refractivity contribution in [1.29, 1.82) is 0 Å². The number of aromatic nitrogens is 2. The van der Waals surface area contributed by atoms with Gasteiger partial charge in [-0.05, 0) is 41.0 Å². The van der Waals surface area contributed by atoms with Crippen molar-refractivity contribution in [2.45, 2.75) is 25.0 Å². The molecule has 0 saturated heterocycles. The molecule has 2 heterocycles. The number of ether oxygens (including phenoxy) is 2. The molecule has 0 bridgehead atoms. The van der Waals surface area contributed by atoms with Crippen molar-refractivity contribution < 1.29 is 9.47 Å². The third-order valence-electron chi connectivity index (χ3n) is 5.47. The van der Waals surface area contributed by atoms with Crippen molar-refractivity contribution in [1.82, 2.24) is 9.97 Å². The minimum Gasteiger partial charge on any atom is -0.374 e. The molecule has 0 spiro atoms. The zero-order valence-electron chi connectivity index (χ0n) is 20.6. The van der Waals surface area contributed by atoms with Crippen molar-refractivity contribution in [3.8, 4) is 0 Å². The minimum absolute atomic E-state index is 0.0208. The standard InChI is InChI=1S/C30H31N4O2P/c37-30(34-19-28-11-5-7-17-32-28)23-36-21-25-14-12-24(13-15-25)20-35-22-29(26-8-2-1-3-9-26)33-18-27-10-4-6-16-31-27/h1-19,29-30H,20-23,37H2. The Labute approximate surface area is 220 Å². The van der Waals surface area contributed by atoms with Crippen LogP contribution in [0.1, 0.15) is 34.1 Å². The highest BCUT2D eigenvalue weighted by molar-refractivity contribution is 7.17. The second-order valence-corrected chi connectivity index (χ2v) is 9.18. The lowest BCUT2D eigenvalue weighted by Gasteiger charge is -2.14. The van der Waals surface area contributed by atoms with E-state index < -0.39 is 0 Å². The highest BCUT2D eigenvalue weighted by Crippen LogP contribution is 2.18. The summed E-state index contributed by atoms with van der Waals surface area (Å²) in [7, 11) is 2.69. The number of rotatable bonds is 13. The average Bonchev–Trinajstić information content (AvgIpc) is 2.96. The van der Waals surface area contributed by atoms with E-state index in [0.29, 0.717) is 26.4 Å². The predicted molar refractivity (Wildman–Crippen MR) is 152 cm³/mol. The van der Waals surface area contributed by atoms with Crippen LogP contribution in [-0.4, -0.2) is 41.4 Å². The molecule has 3 atom stereocenters. The van der Waals surface area contributed by atoms with E-state index in [1.165, 1.54) is 0 Å². The van der Waals surface area contributed by atoms with E-state index in [0.717, 1.165) is 28.1 Å². The van der Waals surface area contributed by atoms with Crippen LogP contribution >= 0.6 is 9.24 Å². The van der Waals surface area contributed by atoms with Gasteiger partial charge < -0.3 is 9.47 Å². The maximum atomic E-state index is 6.05. The van der Waals surface area contributed by atoms with Gasteiger partial charge in [-0.2, -0.15) is 0 Å². The van der Waals surface area contributed by atoms with Gasteiger partial charge in [0.1, 0.15) is 0 Å². The van der Waals surface area contributed by atoms with E-state index in [9.17, 15) is 0 Å². The molecule has 0 amide bonds. The fourth-order valence-electron chi connectivity index (χ4n) is 3.50. The lowest BCUT2D eigenvalue weighted by molar-refractivity contribution is 0.108. The van der Waals surface area contributed by atoms with Crippen LogP contribution in [-0.2, 0) is 22.7 Å². The Hall–Kier alpha value is -3.57. The average molecular weight is 511 g/mol. The Kier molecular flexibility index (Phi) is 10.6. The molecule has 2 aromatic heterocycles. The summed E-state index contributed by atoms with van der Waals surface area (Å²) in [6, 6.07) is 29.9. The van der Waals surface area contributed by atoms with Crippen LogP contribution in [0, 0.1) is 0 Å². The Bertz CT molecular complexity index is 1240. The summed E-state index contributed by atoms with van der Waals surface area (Å²) >= 11 is 0. The van der Waals surface area contributed by atoms with Gasteiger partial charge >= 0.3 is 0 Å². The van der Waals surface area contributed by atoms with E-state index in [1.807, 2.05) is 54.6 Å². The number of pyridine rings is 2. The Morgan fingerprint density at radius 2 is 1.19 bits per heavy atom. The normalized spacial score (nSPS) is 13.2. The maximum Gasteiger partial charge on any atom is 0.0983 e. The van der Waals surface area contributed by atoms with Gasteiger partial charge in [-0.15, -0.1) is 9.24 Å². The number of nitrogens with zero attached hydrogens (tertiary/aromatic N) is 4. The first-order valence-corrected chi connectivity index (χ1v) is 12.9. The first-order valence-electron chi connectivity index (χ1n) is 12.2. The van der Waals surface area contributed by atoms with Crippen molar-refractivity contribution in [3.05, 3.63) is 131 Å². The maximum absolute atomic E-state index is 6.05. The van der Waals surface area contributed by atoms with Crippen LogP contribution in [0.2, 0.25) is 0 Å². The summed E-state index contributed by atoms with van der Waals surface area (Å²) < 4.78 is 11.9. The van der Waals surface area contributed by atoms with E-state index in [2.05, 4.69) is 60.6 Å². The smallest absolute Gasteiger partial charge is 0.0983 e. The minimum atomic E-state index is -0.101. The molecule has 0 fully saturated rings. The zero-order valence-corrected chi connectivity index (χ0v) is 21.8. The van der Waals surface area contributed by atoms with Crippen molar-refractivity contribution in [2.75, 3.05) is 13.2 Å². The first-order chi connectivity index (χ1) is 18.3. The molecule has 4 aromatic rings. The summed E-state index contributed by atoms with van der Waals surface area (Å²) in [6.07, 6.45) is 7.09. The molecular formula is C30H31N4O2P. The lowest BCUT2D eigenvalue weighted by Crippen LogP contribution is -2.07. The van der Waals surface area contributed by atoms with Gasteiger partial charge in [0.25, 0.3) is 0 Å². The third kappa shape index (κ3) is 9.43. The van der Waals surface area contributed by atoms with Gasteiger partial charge in [-0.1, -0.05) is 66.7 Å². The highest BCUT2D eigenvalue weighted by atomic mass is 31.0. The van der Waals surface area contributed by atoms with E-state index in [4.69, 9.17) is 14.5 Å². The van der Waals surface area contributed by atoms with E-state index >= 15 is 0 Å². The summed E-state index contributed by atoms with van der Waals surface area (Å²) in [4.78, 5) is 17.8. The zero-order chi connectivity index (χ0) is 25.5. The van der Waals surface area contributed by atoms with Crippen molar-refractivity contribution in [2.24, 2.45) is 9.98 Å². The molecule has 7 heteroatoms. The number of hydrogen-bond donors (Lipinski definition) is 0. The summed E-state index contributed by atoms with van der Waals surface area (Å²) in [6.45, 7) is 2.04. The number of aliphatic imine (C=N–C) groups is 2. The summed E-state index contributed by atoms with van der Waals surface area (Å²) in [5.41, 5.74) is 4.99. The van der Waals surface area contributed by atoms with Gasteiger partial charge in [0, 0.05) is 24.8 Å². The molecule has 0 saturated carbocycles. The molecule has 0 radical (unpaired) electrons. The Balaban J connectivity index is 1.22.